The van der Waals surface area contributed by atoms with Gasteiger partial charge in [-0.2, -0.15) is 0 Å². The van der Waals surface area contributed by atoms with Gasteiger partial charge in [0.2, 0.25) is 0 Å². The van der Waals surface area contributed by atoms with E-state index in [2.05, 4.69) is 0 Å². The molecule has 0 bridgehead atoms. The monoisotopic (exact) mass is 556 g/mol. The molecule has 4 aromatic carbocycles. The van der Waals surface area contributed by atoms with Gasteiger partial charge >= 0.3 is 0 Å². The van der Waals surface area contributed by atoms with Gasteiger partial charge in [-0.25, -0.2) is 0 Å². The van der Waals surface area contributed by atoms with E-state index in [0.29, 0.717) is 52.3 Å². The second-order valence-corrected chi connectivity index (χ2v) is 9.48. The van der Waals surface area contributed by atoms with Gasteiger partial charge in [-0.05, 0) is 71.8 Å². The van der Waals surface area contributed by atoms with Gasteiger partial charge in [0.25, 0.3) is 0 Å². The molecule has 0 atom stereocenters. The Morgan fingerprint density at radius 1 is 0.590 bits per heavy atom. The summed E-state index contributed by atoms with van der Waals surface area (Å²) in [6.45, 7) is 0.835. The van der Waals surface area contributed by atoms with E-state index < -0.39 is 0 Å². The molecular weight excluding hydrogens is 531 g/mol. The van der Waals surface area contributed by atoms with Crippen LogP contribution in [0.2, 0.25) is 10.0 Å². The SMILES string of the molecule is O=C(/C=C/c1ccc(Cl)cc1)c1cccc(OCCCOc2cccc(C(=O)/C=C/c3ccc(Cl)cc3)c2)c1. The lowest BCUT2D eigenvalue weighted by Gasteiger charge is -2.09. The summed E-state index contributed by atoms with van der Waals surface area (Å²) in [5.41, 5.74) is 2.87. The van der Waals surface area contributed by atoms with Crippen molar-refractivity contribution >= 4 is 46.9 Å². The molecule has 6 heteroatoms. The molecule has 0 N–H and O–H groups in total. The highest BCUT2D eigenvalue weighted by Gasteiger charge is 2.06. The van der Waals surface area contributed by atoms with Crippen molar-refractivity contribution in [3.63, 3.8) is 0 Å². The Labute approximate surface area is 238 Å². The van der Waals surface area contributed by atoms with E-state index in [1.807, 2.05) is 36.4 Å². The fourth-order valence-corrected chi connectivity index (χ4v) is 3.85. The van der Waals surface area contributed by atoms with Crippen LogP contribution in [0.1, 0.15) is 38.3 Å². The van der Waals surface area contributed by atoms with Gasteiger partial charge in [-0.1, -0.05) is 83.9 Å². The number of carbonyl (C=O) groups excluding carboxylic acids is 2. The van der Waals surface area contributed by atoms with E-state index in [-0.39, 0.29) is 11.6 Å². The van der Waals surface area contributed by atoms with Crippen LogP contribution in [-0.2, 0) is 0 Å². The van der Waals surface area contributed by atoms with E-state index in [9.17, 15) is 9.59 Å². The number of allylic oxidation sites excluding steroid dienone is 2. The van der Waals surface area contributed by atoms with Crippen LogP contribution in [-0.4, -0.2) is 24.8 Å². The molecule has 4 aromatic rings. The standard InChI is InChI=1S/C33H26Cl2O4/c34-28-14-8-24(9-15-28)12-18-32(36)26-4-1-6-30(22-26)38-20-3-21-39-31-7-2-5-27(23-31)33(37)19-13-25-10-16-29(35)17-11-25/h1-2,4-19,22-23H,3,20-21H2/b18-12+,19-13+. The number of benzene rings is 4. The Balaban J connectivity index is 1.22. The molecule has 0 fully saturated rings. The quantitative estimate of drug-likeness (QED) is 0.0994. The summed E-state index contributed by atoms with van der Waals surface area (Å²) in [6.07, 6.45) is 7.19. The van der Waals surface area contributed by atoms with Crippen molar-refractivity contribution in [2.75, 3.05) is 13.2 Å². The molecule has 4 nitrogen and oxygen atoms in total. The van der Waals surface area contributed by atoms with Crippen molar-refractivity contribution in [1.29, 1.82) is 0 Å². The summed E-state index contributed by atoms with van der Waals surface area (Å²) in [4.78, 5) is 25.1. The van der Waals surface area contributed by atoms with Gasteiger partial charge in [0.05, 0.1) is 13.2 Å². The molecule has 0 aliphatic rings. The molecule has 0 aromatic heterocycles. The van der Waals surface area contributed by atoms with Crippen LogP contribution in [0.3, 0.4) is 0 Å². The highest BCUT2D eigenvalue weighted by atomic mass is 35.5. The van der Waals surface area contributed by atoms with E-state index in [4.69, 9.17) is 32.7 Å². The number of hydrogen-bond donors (Lipinski definition) is 0. The minimum absolute atomic E-state index is 0.115. The molecule has 0 amide bonds. The van der Waals surface area contributed by atoms with Crippen LogP contribution >= 0.6 is 23.2 Å². The van der Waals surface area contributed by atoms with Crippen molar-refractivity contribution in [2.24, 2.45) is 0 Å². The van der Waals surface area contributed by atoms with E-state index in [1.54, 1.807) is 72.8 Å². The summed E-state index contributed by atoms with van der Waals surface area (Å²) in [5.74, 6) is 0.994. The van der Waals surface area contributed by atoms with Crippen LogP contribution in [0.4, 0.5) is 0 Å². The number of halogens is 2. The number of hydrogen-bond acceptors (Lipinski definition) is 4. The first kappa shape index (κ1) is 27.9. The van der Waals surface area contributed by atoms with E-state index >= 15 is 0 Å². The van der Waals surface area contributed by atoms with Crippen molar-refractivity contribution in [3.8, 4) is 11.5 Å². The predicted octanol–water partition coefficient (Wildman–Crippen LogP) is 8.63. The first-order valence-corrected chi connectivity index (χ1v) is 13.1. The first-order chi connectivity index (χ1) is 19.0. The van der Waals surface area contributed by atoms with Crippen molar-refractivity contribution in [1.82, 2.24) is 0 Å². The molecule has 0 saturated heterocycles. The zero-order valence-corrected chi connectivity index (χ0v) is 22.6. The molecule has 0 heterocycles. The zero-order chi connectivity index (χ0) is 27.5. The maximum Gasteiger partial charge on any atom is 0.185 e. The number of carbonyl (C=O) groups is 2. The summed E-state index contributed by atoms with van der Waals surface area (Å²) < 4.78 is 11.6. The van der Waals surface area contributed by atoms with E-state index in [0.717, 1.165) is 11.1 Å². The Kier molecular flexibility index (Phi) is 10.1. The molecule has 0 unspecified atom stereocenters. The molecule has 0 aliphatic heterocycles. The van der Waals surface area contributed by atoms with Crippen LogP contribution in [0.25, 0.3) is 12.2 Å². The Morgan fingerprint density at radius 2 is 1.00 bits per heavy atom. The summed E-state index contributed by atoms with van der Waals surface area (Å²) in [7, 11) is 0. The summed E-state index contributed by atoms with van der Waals surface area (Å²) in [6, 6.07) is 28.7. The highest BCUT2D eigenvalue weighted by molar-refractivity contribution is 6.30. The van der Waals surface area contributed by atoms with Crippen LogP contribution in [0.15, 0.2) is 109 Å². The fraction of sp³-hybridized carbons (Fsp3) is 0.0909. The van der Waals surface area contributed by atoms with Crippen LogP contribution in [0, 0.1) is 0 Å². The smallest absolute Gasteiger partial charge is 0.185 e. The number of rotatable bonds is 12. The van der Waals surface area contributed by atoms with Crippen LogP contribution < -0.4 is 9.47 Å². The van der Waals surface area contributed by atoms with Gasteiger partial charge < -0.3 is 9.47 Å². The van der Waals surface area contributed by atoms with Gasteiger partial charge in [-0.15, -0.1) is 0 Å². The largest absolute Gasteiger partial charge is 0.493 e. The van der Waals surface area contributed by atoms with Gasteiger partial charge in [0.1, 0.15) is 11.5 Å². The normalized spacial score (nSPS) is 11.1. The zero-order valence-electron chi connectivity index (χ0n) is 21.1. The molecule has 0 radical (unpaired) electrons. The topological polar surface area (TPSA) is 52.6 Å². The molecule has 39 heavy (non-hydrogen) atoms. The Hall–Kier alpha value is -4.12. The molecule has 4 rings (SSSR count). The molecule has 0 saturated carbocycles. The third kappa shape index (κ3) is 8.99. The molecule has 0 spiro atoms. The van der Waals surface area contributed by atoms with Crippen molar-refractivity contribution in [3.05, 3.63) is 142 Å². The second-order valence-electron chi connectivity index (χ2n) is 8.60. The Morgan fingerprint density at radius 3 is 1.41 bits per heavy atom. The second kappa shape index (κ2) is 14.1. The third-order valence-corrected chi connectivity index (χ3v) is 6.16. The molecular formula is C33H26Cl2O4. The first-order valence-electron chi connectivity index (χ1n) is 12.4. The predicted molar refractivity (Wildman–Crippen MR) is 158 cm³/mol. The summed E-state index contributed by atoms with van der Waals surface area (Å²) in [5, 5.41) is 1.30. The van der Waals surface area contributed by atoms with Gasteiger partial charge in [0.15, 0.2) is 11.6 Å². The minimum atomic E-state index is -0.115. The highest BCUT2D eigenvalue weighted by Crippen LogP contribution is 2.18. The Bertz CT molecular complexity index is 1360. The summed E-state index contributed by atoms with van der Waals surface area (Å²) >= 11 is 11.8. The maximum absolute atomic E-state index is 12.5. The van der Waals surface area contributed by atoms with Crippen molar-refractivity contribution in [2.45, 2.75) is 6.42 Å². The maximum atomic E-state index is 12.5. The van der Waals surface area contributed by atoms with Crippen LogP contribution in [0.5, 0.6) is 11.5 Å². The average molecular weight is 557 g/mol. The van der Waals surface area contributed by atoms with Crippen molar-refractivity contribution < 1.29 is 19.1 Å². The lowest BCUT2D eigenvalue weighted by atomic mass is 10.1. The molecule has 0 aliphatic carbocycles. The third-order valence-electron chi connectivity index (χ3n) is 5.66. The number of ketones is 2. The van der Waals surface area contributed by atoms with Gasteiger partial charge in [0, 0.05) is 27.6 Å². The number of ether oxygens (including phenoxy) is 2. The average Bonchev–Trinajstić information content (AvgIpc) is 2.96. The lowest BCUT2D eigenvalue weighted by Crippen LogP contribution is -2.06. The van der Waals surface area contributed by atoms with Gasteiger partial charge in [-0.3, -0.25) is 9.59 Å². The lowest BCUT2D eigenvalue weighted by molar-refractivity contribution is 0.103. The molecule has 196 valence electrons. The minimum Gasteiger partial charge on any atom is -0.493 e. The van der Waals surface area contributed by atoms with E-state index in [1.165, 1.54) is 12.2 Å². The fourth-order valence-electron chi connectivity index (χ4n) is 3.60.